The molecule has 2 aromatic rings. The van der Waals surface area contributed by atoms with Crippen molar-refractivity contribution < 1.29 is 4.79 Å². The largest absolute Gasteiger partial charge is 0.305 e. The Morgan fingerprint density at radius 1 is 1.40 bits per heavy atom. The summed E-state index contributed by atoms with van der Waals surface area (Å²) in [5.41, 5.74) is 1.82. The summed E-state index contributed by atoms with van der Waals surface area (Å²) in [5, 5.41) is 12.1. The van der Waals surface area contributed by atoms with E-state index in [1.165, 1.54) is 6.20 Å². The van der Waals surface area contributed by atoms with Crippen LogP contribution >= 0.6 is 11.6 Å². The standard InChI is InChI=1S/C14H11ClN4O/c1-8-5-10(6-16)9(2)13(18-8)14(20)19-12-4-3-11(15)7-17-12/h3-5,7H,1-2H3,(H,17,19,20). The maximum atomic E-state index is 12.2. The van der Waals surface area contributed by atoms with Crippen LogP contribution in [0.25, 0.3) is 0 Å². The third kappa shape index (κ3) is 2.92. The molecule has 0 aliphatic heterocycles. The molecule has 1 N–H and O–H groups in total. The Hall–Kier alpha value is -2.45. The van der Waals surface area contributed by atoms with E-state index in [9.17, 15) is 4.79 Å². The average molecular weight is 287 g/mol. The highest BCUT2D eigenvalue weighted by molar-refractivity contribution is 6.30. The lowest BCUT2D eigenvalue weighted by Gasteiger charge is -2.08. The number of nitrogens with zero attached hydrogens (tertiary/aromatic N) is 3. The van der Waals surface area contributed by atoms with Crippen LogP contribution in [-0.2, 0) is 0 Å². The summed E-state index contributed by atoms with van der Waals surface area (Å²) < 4.78 is 0. The van der Waals surface area contributed by atoms with Crippen LogP contribution in [0.5, 0.6) is 0 Å². The summed E-state index contributed by atoms with van der Waals surface area (Å²) in [6, 6.07) is 6.92. The van der Waals surface area contributed by atoms with Gasteiger partial charge in [0.2, 0.25) is 0 Å². The van der Waals surface area contributed by atoms with Gasteiger partial charge in [-0.15, -0.1) is 0 Å². The van der Waals surface area contributed by atoms with Crippen molar-refractivity contribution >= 4 is 23.3 Å². The van der Waals surface area contributed by atoms with Crippen LogP contribution in [-0.4, -0.2) is 15.9 Å². The molecular weight excluding hydrogens is 276 g/mol. The van der Waals surface area contributed by atoms with E-state index in [2.05, 4.69) is 15.3 Å². The second-order valence-corrected chi connectivity index (χ2v) is 4.65. The Balaban J connectivity index is 2.32. The zero-order valence-electron chi connectivity index (χ0n) is 10.9. The van der Waals surface area contributed by atoms with E-state index in [0.717, 1.165) is 0 Å². The number of aromatic nitrogens is 2. The minimum Gasteiger partial charge on any atom is -0.305 e. The van der Waals surface area contributed by atoms with Crippen molar-refractivity contribution in [3.05, 3.63) is 51.9 Å². The lowest BCUT2D eigenvalue weighted by atomic mass is 10.1. The van der Waals surface area contributed by atoms with Crippen LogP contribution in [0.3, 0.4) is 0 Å². The number of rotatable bonds is 2. The highest BCUT2D eigenvalue weighted by Gasteiger charge is 2.15. The van der Waals surface area contributed by atoms with Gasteiger partial charge in [-0.1, -0.05) is 11.6 Å². The van der Waals surface area contributed by atoms with E-state index in [-0.39, 0.29) is 5.69 Å². The number of hydrogen-bond donors (Lipinski definition) is 1. The molecule has 0 bridgehead atoms. The lowest BCUT2D eigenvalue weighted by molar-refractivity contribution is 0.102. The number of hydrogen-bond acceptors (Lipinski definition) is 4. The van der Waals surface area contributed by atoms with Gasteiger partial charge in [0.05, 0.1) is 16.7 Å². The minimum atomic E-state index is -0.405. The molecule has 0 aliphatic carbocycles. The smallest absolute Gasteiger partial charge is 0.275 e. The molecule has 1 amide bonds. The Labute approximate surface area is 121 Å². The van der Waals surface area contributed by atoms with E-state index < -0.39 is 5.91 Å². The Morgan fingerprint density at radius 3 is 2.75 bits per heavy atom. The number of nitrogens with one attached hydrogen (secondary N) is 1. The zero-order valence-corrected chi connectivity index (χ0v) is 11.7. The number of carbonyl (C=O) groups is 1. The zero-order chi connectivity index (χ0) is 14.7. The maximum Gasteiger partial charge on any atom is 0.275 e. The first-order chi connectivity index (χ1) is 9.51. The molecule has 0 spiro atoms. The molecular formula is C14H11ClN4O. The summed E-state index contributed by atoms with van der Waals surface area (Å²) in [5.74, 6) is -0.0295. The molecule has 0 aromatic carbocycles. The van der Waals surface area contributed by atoms with Crippen molar-refractivity contribution in [3.8, 4) is 6.07 Å². The Morgan fingerprint density at radius 2 is 2.15 bits per heavy atom. The summed E-state index contributed by atoms with van der Waals surface area (Å²) in [6.45, 7) is 3.42. The fourth-order valence-electron chi connectivity index (χ4n) is 1.70. The van der Waals surface area contributed by atoms with E-state index >= 15 is 0 Å². The van der Waals surface area contributed by atoms with Gasteiger partial charge in [-0.2, -0.15) is 5.26 Å². The molecule has 2 aromatic heterocycles. The van der Waals surface area contributed by atoms with Crippen molar-refractivity contribution in [2.24, 2.45) is 0 Å². The van der Waals surface area contributed by atoms with Gasteiger partial charge in [-0.25, -0.2) is 9.97 Å². The summed E-state index contributed by atoms with van der Waals surface area (Å²) in [4.78, 5) is 20.3. The van der Waals surface area contributed by atoms with Crippen molar-refractivity contribution in [1.82, 2.24) is 9.97 Å². The van der Waals surface area contributed by atoms with Crippen LogP contribution in [0, 0.1) is 25.2 Å². The fraction of sp³-hybridized carbons (Fsp3) is 0.143. The summed E-state index contributed by atoms with van der Waals surface area (Å²) in [7, 11) is 0. The molecule has 0 unspecified atom stereocenters. The third-order valence-corrected chi connectivity index (χ3v) is 2.93. The number of nitriles is 1. The van der Waals surface area contributed by atoms with Gasteiger partial charge in [0.15, 0.2) is 0 Å². The van der Waals surface area contributed by atoms with Gasteiger partial charge in [0.1, 0.15) is 11.5 Å². The number of carbonyl (C=O) groups excluding carboxylic acids is 1. The SMILES string of the molecule is Cc1cc(C#N)c(C)c(C(=O)Nc2ccc(Cl)cn2)n1. The second-order valence-electron chi connectivity index (χ2n) is 4.21. The number of aryl methyl sites for hydroxylation is 1. The van der Waals surface area contributed by atoms with Crippen LogP contribution in [0.2, 0.25) is 5.02 Å². The van der Waals surface area contributed by atoms with Crippen molar-refractivity contribution in [2.75, 3.05) is 5.32 Å². The molecule has 0 saturated carbocycles. The molecule has 20 heavy (non-hydrogen) atoms. The first-order valence-electron chi connectivity index (χ1n) is 5.82. The monoisotopic (exact) mass is 286 g/mol. The van der Waals surface area contributed by atoms with Gasteiger partial charge in [-0.05, 0) is 37.6 Å². The molecule has 0 radical (unpaired) electrons. The Bertz CT molecular complexity index is 704. The topological polar surface area (TPSA) is 78.7 Å². The highest BCUT2D eigenvalue weighted by Crippen LogP contribution is 2.15. The molecule has 0 aliphatic rings. The quantitative estimate of drug-likeness (QED) is 0.920. The molecule has 100 valence electrons. The fourth-order valence-corrected chi connectivity index (χ4v) is 1.81. The van der Waals surface area contributed by atoms with Gasteiger partial charge in [0, 0.05) is 11.9 Å². The minimum absolute atomic E-state index is 0.221. The molecule has 0 atom stereocenters. The van der Waals surface area contributed by atoms with Gasteiger partial charge in [-0.3, -0.25) is 4.79 Å². The second kappa shape index (κ2) is 5.68. The van der Waals surface area contributed by atoms with Crippen LogP contribution in [0.1, 0.15) is 27.3 Å². The first kappa shape index (κ1) is 14.0. The molecule has 2 heterocycles. The van der Waals surface area contributed by atoms with Crippen LogP contribution < -0.4 is 5.32 Å². The first-order valence-corrected chi connectivity index (χ1v) is 6.20. The van der Waals surface area contributed by atoms with E-state index in [0.29, 0.717) is 27.7 Å². The molecule has 0 fully saturated rings. The highest BCUT2D eigenvalue weighted by atomic mass is 35.5. The Kier molecular flexibility index (Phi) is 3.97. The van der Waals surface area contributed by atoms with E-state index in [1.54, 1.807) is 32.0 Å². The summed E-state index contributed by atoms with van der Waals surface area (Å²) >= 11 is 5.73. The van der Waals surface area contributed by atoms with Gasteiger partial charge in [0.25, 0.3) is 5.91 Å². The van der Waals surface area contributed by atoms with Gasteiger partial charge >= 0.3 is 0 Å². The van der Waals surface area contributed by atoms with Crippen LogP contribution in [0.4, 0.5) is 5.82 Å². The average Bonchev–Trinajstić information content (AvgIpc) is 2.43. The molecule has 2 rings (SSSR count). The normalized spacial score (nSPS) is 9.90. The van der Waals surface area contributed by atoms with Crippen molar-refractivity contribution in [1.29, 1.82) is 5.26 Å². The number of anilines is 1. The number of pyridine rings is 2. The van der Waals surface area contributed by atoms with E-state index in [1.807, 2.05) is 6.07 Å². The van der Waals surface area contributed by atoms with Crippen molar-refractivity contribution in [3.63, 3.8) is 0 Å². The molecule has 6 heteroatoms. The maximum absolute atomic E-state index is 12.2. The lowest BCUT2D eigenvalue weighted by Crippen LogP contribution is -2.17. The molecule has 0 saturated heterocycles. The summed E-state index contributed by atoms with van der Waals surface area (Å²) in [6.07, 6.45) is 1.44. The van der Waals surface area contributed by atoms with Crippen molar-refractivity contribution in [2.45, 2.75) is 13.8 Å². The van der Waals surface area contributed by atoms with Gasteiger partial charge < -0.3 is 5.32 Å². The molecule has 5 nitrogen and oxygen atoms in total. The van der Waals surface area contributed by atoms with Crippen LogP contribution in [0.15, 0.2) is 24.4 Å². The van der Waals surface area contributed by atoms with E-state index in [4.69, 9.17) is 16.9 Å². The number of halogens is 1. The number of amides is 1. The predicted octanol–water partition coefficient (Wildman–Crippen LogP) is 2.87. The third-order valence-electron chi connectivity index (χ3n) is 2.71. The predicted molar refractivity (Wildman–Crippen MR) is 75.6 cm³/mol.